The molecule has 1 saturated heterocycles. The number of aliphatic hydroxyl groups is 1. The van der Waals surface area contributed by atoms with E-state index in [1.807, 2.05) is 0 Å². The molecule has 0 aliphatic carbocycles. The Bertz CT molecular complexity index is 774. The van der Waals surface area contributed by atoms with Gasteiger partial charge in [-0.1, -0.05) is 5.92 Å². The lowest BCUT2D eigenvalue weighted by atomic mass is 10.2. The van der Waals surface area contributed by atoms with E-state index in [1.54, 1.807) is 4.90 Å². The van der Waals surface area contributed by atoms with E-state index in [9.17, 15) is 19.1 Å². The first kappa shape index (κ1) is 23.4. The van der Waals surface area contributed by atoms with Crippen molar-refractivity contribution in [3.05, 3.63) is 29.6 Å². The molecule has 30 heavy (non-hydrogen) atoms. The molecule has 1 aromatic carbocycles. The summed E-state index contributed by atoms with van der Waals surface area (Å²) in [6, 6.07) is 3.86. The molecule has 1 aliphatic heterocycles. The second-order valence-electron chi connectivity index (χ2n) is 6.39. The van der Waals surface area contributed by atoms with Gasteiger partial charge in [-0.2, -0.15) is 0 Å². The molecule has 9 nitrogen and oxygen atoms in total. The topological polar surface area (TPSA) is 109 Å². The highest BCUT2D eigenvalue weighted by atomic mass is 19.1. The maximum Gasteiger partial charge on any atom is 0.384 e. The van der Waals surface area contributed by atoms with Gasteiger partial charge in [-0.25, -0.2) is 14.0 Å². The van der Waals surface area contributed by atoms with Crippen molar-refractivity contribution in [3.8, 4) is 17.6 Å². The summed E-state index contributed by atoms with van der Waals surface area (Å²) >= 11 is 0. The summed E-state index contributed by atoms with van der Waals surface area (Å²) in [5, 5.41) is 15.7. The van der Waals surface area contributed by atoms with Crippen molar-refractivity contribution in [3.63, 3.8) is 0 Å². The Hall–Kier alpha value is -2.87. The molecule has 0 spiro atoms. The van der Waals surface area contributed by atoms with Crippen LogP contribution in [0.4, 0.5) is 9.18 Å². The van der Waals surface area contributed by atoms with E-state index in [2.05, 4.69) is 27.2 Å². The number of carbonyl (C=O) groups is 2. The largest absolute Gasteiger partial charge is 0.488 e. The number of benzene rings is 1. The van der Waals surface area contributed by atoms with Crippen molar-refractivity contribution >= 4 is 12.0 Å². The van der Waals surface area contributed by atoms with Crippen molar-refractivity contribution in [1.82, 2.24) is 15.5 Å². The predicted molar refractivity (Wildman–Crippen MR) is 105 cm³/mol. The third-order valence-electron chi connectivity index (χ3n) is 4.11. The molecule has 0 saturated carbocycles. The molecule has 1 atom stereocenters. The van der Waals surface area contributed by atoms with Crippen LogP contribution in [-0.2, 0) is 14.3 Å². The van der Waals surface area contributed by atoms with Gasteiger partial charge in [0.05, 0.1) is 20.3 Å². The average Bonchev–Trinajstić information content (AvgIpc) is 2.76. The fraction of sp³-hybridized carbons (Fsp3) is 0.500. The summed E-state index contributed by atoms with van der Waals surface area (Å²) in [6.45, 7) is 3.22. The highest BCUT2D eigenvalue weighted by Gasteiger charge is 2.15. The van der Waals surface area contributed by atoms with E-state index in [-0.39, 0.29) is 24.9 Å². The lowest BCUT2D eigenvalue weighted by molar-refractivity contribution is -0.133. The Morgan fingerprint density at radius 2 is 2.10 bits per heavy atom. The number of hydrogen-bond donors (Lipinski definition) is 3. The van der Waals surface area contributed by atoms with Gasteiger partial charge in [0.15, 0.2) is 11.6 Å². The number of rotatable bonds is 8. The second kappa shape index (κ2) is 12.6. The molecule has 1 aromatic rings. The first-order valence-electron chi connectivity index (χ1n) is 9.51. The minimum absolute atomic E-state index is 0.0320. The molecule has 0 radical (unpaired) electrons. The number of ether oxygens (including phenoxy) is 3. The number of amides is 2. The van der Waals surface area contributed by atoms with Crippen LogP contribution in [0, 0.1) is 17.7 Å². The minimum atomic E-state index is -0.863. The molecule has 1 unspecified atom stereocenters. The number of nitrogens with one attached hydrogen (secondary N) is 2. The molecule has 1 aliphatic rings. The number of morpholine rings is 1. The van der Waals surface area contributed by atoms with E-state index in [1.165, 1.54) is 19.2 Å². The number of carbonyl (C=O) groups excluding carboxylic acids is 2. The van der Waals surface area contributed by atoms with Crippen LogP contribution < -0.4 is 15.4 Å². The quantitative estimate of drug-likeness (QED) is 0.300. The predicted octanol–water partition coefficient (Wildman–Crippen LogP) is -0.279. The molecule has 10 heteroatoms. The Kier molecular flexibility index (Phi) is 9.86. The van der Waals surface area contributed by atoms with Gasteiger partial charge in [0.25, 0.3) is 0 Å². The summed E-state index contributed by atoms with van der Waals surface area (Å²) in [6.07, 6.45) is -0.863. The molecule has 164 valence electrons. The maximum absolute atomic E-state index is 14.0. The molecule has 0 bridgehead atoms. The van der Waals surface area contributed by atoms with Crippen LogP contribution in [0.1, 0.15) is 5.56 Å². The zero-order valence-corrected chi connectivity index (χ0v) is 16.8. The van der Waals surface area contributed by atoms with E-state index in [0.29, 0.717) is 45.0 Å². The Balaban J connectivity index is 1.63. The van der Waals surface area contributed by atoms with Gasteiger partial charge in [-0.05, 0) is 18.2 Å². The van der Waals surface area contributed by atoms with Crippen molar-refractivity contribution in [2.75, 3.05) is 59.7 Å². The summed E-state index contributed by atoms with van der Waals surface area (Å²) in [4.78, 5) is 24.6. The number of urea groups is 1. The van der Waals surface area contributed by atoms with Crippen LogP contribution in [0.2, 0.25) is 0 Å². The van der Waals surface area contributed by atoms with Crippen LogP contribution in [-0.4, -0.2) is 87.8 Å². The lowest BCUT2D eigenvalue weighted by Crippen LogP contribution is -2.47. The number of aliphatic hydroxyl groups excluding tert-OH is 1. The first-order valence-corrected chi connectivity index (χ1v) is 9.51. The number of halogens is 1. The SMILES string of the molecule is COC(=O)C#Cc1ccc(OCC(O)CNCCNC(=O)N2CCOCC2)c(F)c1. The Morgan fingerprint density at radius 3 is 2.80 bits per heavy atom. The first-order chi connectivity index (χ1) is 14.5. The second-order valence-corrected chi connectivity index (χ2v) is 6.39. The summed E-state index contributed by atoms with van der Waals surface area (Å²) in [7, 11) is 1.20. The molecule has 1 heterocycles. The molecule has 1 fully saturated rings. The van der Waals surface area contributed by atoms with Gasteiger partial charge < -0.3 is 34.9 Å². The molecular weight excluding hydrogens is 397 g/mol. The number of methoxy groups -OCH3 is 1. The maximum atomic E-state index is 14.0. The third kappa shape index (κ3) is 8.24. The zero-order chi connectivity index (χ0) is 21.8. The van der Waals surface area contributed by atoms with E-state index >= 15 is 0 Å². The van der Waals surface area contributed by atoms with Crippen molar-refractivity contribution in [1.29, 1.82) is 0 Å². The minimum Gasteiger partial charge on any atom is -0.488 e. The standard InChI is InChI=1S/C20H26FN3O6/c1-28-19(26)5-3-15-2-4-18(17(21)12-15)30-14-16(25)13-22-6-7-23-20(27)24-8-10-29-11-9-24/h2,4,12,16,22,25H,6-11,13-14H2,1H3,(H,23,27). The smallest absolute Gasteiger partial charge is 0.384 e. The molecule has 3 N–H and O–H groups in total. The van der Waals surface area contributed by atoms with Gasteiger partial charge in [0.2, 0.25) is 0 Å². The monoisotopic (exact) mass is 423 g/mol. The number of hydrogen-bond acceptors (Lipinski definition) is 7. The normalized spacial score (nSPS) is 14.3. The highest BCUT2D eigenvalue weighted by Crippen LogP contribution is 2.18. The van der Waals surface area contributed by atoms with Crippen LogP contribution in [0.3, 0.4) is 0 Å². The fourth-order valence-electron chi connectivity index (χ4n) is 2.52. The van der Waals surface area contributed by atoms with Crippen molar-refractivity contribution < 1.29 is 33.3 Å². The van der Waals surface area contributed by atoms with Gasteiger partial charge in [-0.15, -0.1) is 0 Å². The van der Waals surface area contributed by atoms with Crippen LogP contribution >= 0.6 is 0 Å². The van der Waals surface area contributed by atoms with Crippen molar-refractivity contribution in [2.24, 2.45) is 0 Å². The third-order valence-corrected chi connectivity index (χ3v) is 4.11. The number of esters is 1. The van der Waals surface area contributed by atoms with Gasteiger partial charge in [-0.3, -0.25) is 0 Å². The molecular formula is C20H26FN3O6. The molecule has 2 rings (SSSR count). The Morgan fingerprint density at radius 1 is 1.33 bits per heavy atom. The molecule has 0 aromatic heterocycles. The number of nitrogens with zero attached hydrogens (tertiary/aromatic N) is 1. The van der Waals surface area contributed by atoms with Crippen molar-refractivity contribution in [2.45, 2.75) is 6.10 Å². The fourth-order valence-corrected chi connectivity index (χ4v) is 2.52. The highest BCUT2D eigenvalue weighted by molar-refractivity contribution is 5.89. The van der Waals surface area contributed by atoms with Gasteiger partial charge >= 0.3 is 12.0 Å². The summed E-state index contributed by atoms with van der Waals surface area (Å²) in [5.74, 6) is 3.28. The Labute approximate surface area is 174 Å². The summed E-state index contributed by atoms with van der Waals surface area (Å²) in [5.41, 5.74) is 0.298. The average molecular weight is 423 g/mol. The van der Waals surface area contributed by atoms with Gasteiger partial charge in [0, 0.05) is 44.2 Å². The van der Waals surface area contributed by atoms with E-state index in [4.69, 9.17) is 9.47 Å². The van der Waals surface area contributed by atoms with Gasteiger partial charge in [0.1, 0.15) is 12.7 Å². The zero-order valence-electron chi connectivity index (χ0n) is 16.8. The van der Waals surface area contributed by atoms with Crippen LogP contribution in [0.25, 0.3) is 0 Å². The van der Waals surface area contributed by atoms with E-state index in [0.717, 1.165) is 6.07 Å². The van der Waals surface area contributed by atoms with E-state index < -0.39 is 17.9 Å². The van der Waals surface area contributed by atoms with Crippen LogP contribution in [0.5, 0.6) is 5.75 Å². The van der Waals surface area contributed by atoms with Crippen LogP contribution in [0.15, 0.2) is 18.2 Å². The lowest BCUT2D eigenvalue weighted by Gasteiger charge is -2.27. The molecule has 2 amide bonds. The summed E-state index contributed by atoms with van der Waals surface area (Å²) < 4.78 is 28.9.